The summed E-state index contributed by atoms with van der Waals surface area (Å²) in [7, 11) is -3.80. The highest BCUT2D eigenvalue weighted by molar-refractivity contribution is 9.10. The van der Waals surface area contributed by atoms with E-state index in [-0.39, 0.29) is 16.6 Å². The number of rotatable bonds is 6. The Morgan fingerprint density at radius 2 is 1.83 bits per heavy atom. The number of hydrogen-bond donors (Lipinski definition) is 2. The topological polar surface area (TPSA) is 115 Å². The molecule has 3 aromatic rings. The maximum absolute atomic E-state index is 12.2. The highest BCUT2D eigenvalue weighted by Gasteiger charge is 2.12. The molecular weight excluding hydrogens is 476 g/mol. The summed E-state index contributed by atoms with van der Waals surface area (Å²) in [5.41, 5.74) is 3.36. The molecule has 3 N–H and O–H groups in total. The number of sulfonamides is 1. The minimum Gasteiger partial charge on any atom is -0.324 e. The third kappa shape index (κ3) is 5.86. The SMILES string of the molecule is Cc1ccc(-c2ccc(SCC(=O)Nc3ccc(S(N)(=O)=O)cc3Br)nn2)cc1. The molecule has 1 aromatic heterocycles. The molecule has 150 valence electrons. The van der Waals surface area contributed by atoms with Crippen LogP contribution in [-0.4, -0.2) is 30.3 Å². The Morgan fingerprint density at radius 3 is 2.41 bits per heavy atom. The van der Waals surface area contributed by atoms with Crippen LogP contribution in [0.15, 0.2) is 69.0 Å². The van der Waals surface area contributed by atoms with E-state index in [1.165, 1.54) is 35.5 Å². The van der Waals surface area contributed by atoms with E-state index < -0.39 is 10.0 Å². The highest BCUT2D eigenvalue weighted by atomic mass is 79.9. The van der Waals surface area contributed by atoms with Gasteiger partial charge in [0.2, 0.25) is 15.9 Å². The molecule has 0 unspecified atom stereocenters. The molecule has 3 rings (SSSR count). The van der Waals surface area contributed by atoms with Gasteiger partial charge in [0.1, 0.15) is 5.03 Å². The van der Waals surface area contributed by atoms with Crippen LogP contribution in [0.25, 0.3) is 11.3 Å². The van der Waals surface area contributed by atoms with Gasteiger partial charge in [-0.3, -0.25) is 4.79 Å². The maximum atomic E-state index is 12.2. The van der Waals surface area contributed by atoms with E-state index in [1.54, 1.807) is 0 Å². The van der Waals surface area contributed by atoms with Gasteiger partial charge in [-0.1, -0.05) is 41.6 Å². The van der Waals surface area contributed by atoms with Crippen molar-refractivity contribution >= 4 is 49.3 Å². The summed E-state index contributed by atoms with van der Waals surface area (Å²) in [6.07, 6.45) is 0. The first-order valence-electron chi connectivity index (χ1n) is 8.38. The average molecular weight is 493 g/mol. The van der Waals surface area contributed by atoms with Crippen molar-refractivity contribution < 1.29 is 13.2 Å². The maximum Gasteiger partial charge on any atom is 0.238 e. The van der Waals surface area contributed by atoms with Crippen LogP contribution in [0, 0.1) is 6.92 Å². The van der Waals surface area contributed by atoms with Gasteiger partial charge in [-0.25, -0.2) is 13.6 Å². The molecule has 0 fully saturated rings. The van der Waals surface area contributed by atoms with Gasteiger partial charge < -0.3 is 5.32 Å². The first kappa shape index (κ1) is 21.4. The predicted octanol–water partition coefficient (Wildman–Crippen LogP) is 3.59. The van der Waals surface area contributed by atoms with Gasteiger partial charge in [-0.2, -0.15) is 0 Å². The number of thioether (sulfide) groups is 1. The van der Waals surface area contributed by atoms with Gasteiger partial charge in [-0.05, 0) is 53.2 Å². The number of hydrogen-bond acceptors (Lipinski definition) is 6. The molecule has 1 heterocycles. The Balaban J connectivity index is 1.59. The highest BCUT2D eigenvalue weighted by Crippen LogP contribution is 2.26. The molecule has 0 spiro atoms. The number of amides is 1. The summed E-state index contributed by atoms with van der Waals surface area (Å²) in [5, 5.41) is 16.8. The molecule has 0 atom stereocenters. The molecule has 0 aliphatic carbocycles. The second kappa shape index (κ2) is 9.04. The predicted molar refractivity (Wildman–Crippen MR) is 117 cm³/mol. The number of carbonyl (C=O) groups is 1. The summed E-state index contributed by atoms with van der Waals surface area (Å²) in [6.45, 7) is 2.02. The molecular formula is C19H17BrN4O3S2. The van der Waals surface area contributed by atoms with Crippen LogP contribution in [0.2, 0.25) is 0 Å². The molecule has 0 aliphatic heterocycles. The number of anilines is 1. The van der Waals surface area contributed by atoms with E-state index in [1.807, 2.05) is 43.3 Å². The number of primary sulfonamides is 1. The zero-order valence-corrected chi connectivity index (χ0v) is 18.5. The van der Waals surface area contributed by atoms with Crippen LogP contribution in [0.3, 0.4) is 0 Å². The van der Waals surface area contributed by atoms with Crippen LogP contribution >= 0.6 is 27.7 Å². The fraction of sp³-hybridized carbons (Fsp3) is 0.105. The zero-order valence-electron chi connectivity index (χ0n) is 15.3. The lowest BCUT2D eigenvalue weighted by molar-refractivity contribution is -0.113. The summed E-state index contributed by atoms with van der Waals surface area (Å²) in [5.74, 6) is -0.134. The van der Waals surface area contributed by atoms with Gasteiger partial charge >= 0.3 is 0 Å². The van der Waals surface area contributed by atoms with Gasteiger partial charge in [-0.15, -0.1) is 10.2 Å². The Hall–Kier alpha value is -2.27. The molecule has 0 saturated carbocycles. The van der Waals surface area contributed by atoms with Crippen molar-refractivity contribution in [1.29, 1.82) is 0 Å². The quantitative estimate of drug-likeness (QED) is 0.508. The van der Waals surface area contributed by atoms with Crippen molar-refractivity contribution in [1.82, 2.24) is 10.2 Å². The Kier molecular flexibility index (Phi) is 6.68. The summed E-state index contributed by atoms with van der Waals surface area (Å²) >= 11 is 4.49. The number of aromatic nitrogens is 2. The van der Waals surface area contributed by atoms with Gasteiger partial charge in [0, 0.05) is 10.0 Å². The number of nitrogens with zero attached hydrogens (tertiary/aromatic N) is 2. The van der Waals surface area contributed by atoms with Gasteiger partial charge in [0.15, 0.2) is 0 Å². The third-order valence-corrected chi connectivity index (χ3v) is 6.37. The van der Waals surface area contributed by atoms with Crippen molar-refractivity contribution in [2.24, 2.45) is 5.14 Å². The molecule has 0 bridgehead atoms. The summed E-state index contributed by atoms with van der Waals surface area (Å²) in [4.78, 5) is 12.2. The van der Waals surface area contributed by atoms with E-state index in [0.717, 1.165) is 11.3 Å². The number of halogens is 1. The van der Waals surface area contributed by atoms with Crippen molar-refractivity contribution in [3.05, 3.63) is 64.6 Å². The lowest BCUT2D eigenvalue weighted by Gasteiger charge is -2.08. The molecule has 10 heteroatoms. The normalized spacial score (nSPS) is 11.3. The van der Waals surface area contributed by atoms with Crippen LogP contribution < -0.4 is 10.5 Å². The van der Waals surface area contributed by atoms with E-state index in [4.69, 9.17) is 5.14 Å². The van der Waals surface area contributed by atoms with Gasteiger partial charge in [0.05, 0.1) is 22.0 Å². The fourth-order valence-corrected chi connectivity index (χ4v) is 4.16. The number of nitrogens with one attached hydrogen (secondary N) is 1. The van der Waals surface area contributed by atoms with E-state index in [2.05, 4.69) is 31.4 Å². The smallest absolute Gasteiger partial charge is 0.238 e. The van der Waals surface area contributed by atoms with Crippen molar-refractivity contribution in [3.63, 3.8) is 0 Å². The van der Waals surface area contributed by atoms with Crippen LogP contribution in [0.5, 0.6) is 0 Å². The van der Waals surface area contributed by atoms with E-state index >= 15 is 0 Å². The molecule has 7 nitrogen and oxygen atoms in total. The largest absolute Gasteiger partial charge is 0.324 e. The Morgan fingerprint density at radius 1 is 1.10 bits per heavy atom. The Bertz CT molecular complexity index is 1140. The lowest BCUT2D eigenvalue weighted by Crippen LogP contribution is -2.16. The minimum absolute atomic E-state index is 0.0410. The second-order valence-electron chi connectivity index (χ2n) is 6.15. The Labute approximate surface area is 181 Å². The second-order valence-corrected chi connectivity index (χ2v) is 9.56. The van der Waals surface area contributed by atoms with E-state index in [9.17, 15) is 13.2 Å². The van der Waals surface area contributed by atoms with Crippen molar-refractivity contribution in [2.45, 2.75) is 16.8 Å². The molecule has 0 saturated heterocycles. The standard InChI is InChI=1S/C19H17BrN4O3S2/c1-12-2-4-13(5-3-12)16-8-9-19(24-23-16)28-11-18(25)22-17-7-6-14(10-15(17)20)29(21,26)27/h2-10H,11H2,1H3,(H,22,25)(H2,21,26,27). The molecule has 0 aliphatic rings. The van der Waals surface area contributed by atoms with Crippen LogP contribution in [0.4, 0.5) is 5.69 Å². The number of benzene rings is 2. The monoisotopic (exact) mass is 492 g/mol. The van der Waals surface area contributed by atoms with Gasteiger partial charge in [0.25, 0.3) is 0 Å². The van der Waals surface area contributed by atoms with Crippen molar-refractivity contribution in [3.8, 4) is 11.3 Å². The molecule has 2 aromatic carbocycles. The third-order valence-electron chi connectivity index (χ3n) is 3.88. The zero-order chi connectivity index (χ0) is 21.0. The molecule has 1 amide bonds. The van der Waals surface area contributed by atoms with Crippen LogP contribution in [-0.2, 0) is 14.8 Å². The lowest BCUT2D eigenvalue weighted by atomic mass is 10.1. The van der Waals surface area contributed by atoms with Crippen molar-refractivity contribution in [2.75, 3.05) is 11.1 Å². The summed E-state index contributed by atoms with van der Waals surface area (Å²) in [6, 6.07) is 15.8. The van der Waals surface area contributed by atoms with E-state index in [0.29, 0.717) is 15.2 Å². The molecule has 29 heavy (non-hydrogen) atoms. The molecule has 0 radical (unpaired) electrons. The first-order chi connectivity index (χ1) is 13.7. The number of carbonyl (C=O) groups excluding carboxylic acids is 1. The summed E-state index contributed by atoms with van der Waals surface area (Å²) < 4.78 is 23.1. The van der Waals surface area contributed by atoms with Crippen LogP contribution in [0.1, 0.15) is 5.56 Å². The minimum atomic E-state index is -3.80. The number of nitrogens with two attached hydrogens (primary N) is 1. The average Bonchev–Trinajstić information content (AvgIpc) is 2.68. The fourth-order valence-electron chi connectivity index (χ4n) is 2.38. The number of aryl methyl sites for hydroxylation is 1. The first-order valence-corrected chi connectivity index (χ1v) is 11.7.